The van der Waals surface area contributed by atoms with Gasteiger partial charge in [-0.15, -0.1) is 0 Å². The normalized spacial score (nSPS) is 18.3. The molecule has 1 aliphatic rings. The van der Waals surface area contributed by atoms with E-state index in [0.29, 0.717) is 0 Å². The fraction of sp³-hybridized carbons (Fsp3) is 0.231. The Kier molecular flexibility index (Phi) is 2.96. The van der Waals surface area contributed by atoms with E-state index in [1.165, 1.54) is 18.2 Å². The van der Waals surface area contributed by atoms with Crippen LogP contribution in [-0.2, 0) is 4.79 Å². The maximum Gasteiger partial charge on any atom is 0.396 e. The zero-order valence-electron chi connectivity index (χ0n) is 10.5. The van der Waals surface area contributed by atoms with E-state index in [2.05, 4.69) is 15.5 Å². The summed E-state index contributed by atoms with van der Waals surface area (Å²) in [5.41, 5.74) is 0.147. The highest BCUT2D eigenvalue weighted by Gasteiger charge is 2.47. The van der Waals surface area contributed by atoms with Gasteiger partial charge >= 0.3 is 6.18 Å². The minimum absolute atomic E-state index is 0.0619. The molecule has 1 aromatic carbocycles. The second-order valence-corrected chi connectivity index (χ2v) is 4.72. The maximum atomic E-state index is 13.3. The first-order chi connectivity index (χ1) is 9.86. The third kappa shape index (κ3) is 2.37. The summed E-state index contributed by atoms with van der Waals surface area (Å²) in [6.07, 6.45) is -5.29. The van der Waals surface area contributed by atoms with Gasteiger partial charge in [0, 0.05) is 17.5 Å². The Labute approximate surface area is 116 Å². The van der Waals surface area contributed by atoms with E-state index in [4.69, 9.17) is 0 Å². The van der Waals surface area contributed by atoms with Crippen molar-refractivity contribution in [1.82, 2.24) is 10.2 Å². The minimum Gasteiger partial charge on any atom is -0.309 e. The Morgan fingerprint density at radius 3 is 2.71 bits per heavy atom. The number of anilines is 1. The van der Waals surface area contributed by atoms with E-state index in [9.17, 15) is 22.4 Å². The fourth-order valence-corrected chi connectivity index (χ4v) is 2.40. The number of aromatic amines is 1. The number of nitrogens with one attached hydrogen (secondary N) is 2. The van der Waals surface area contributed by atoms with Crippen molar-refractivity contribution in [3.8, 4) is 11.3 Å². The van der Waals surface area contributed by atoms with Crippen molar-refractivity contribution < 1.29 is 22.4 Å². The number of H-pyrrole nitrogens is 1. The first-order valence-corrected chi connectivity index (χ1v) is 6.07. The molecule has 2 heterocycles. The number of nitrogens with zero attached hydrogens (tertiary/aromatic N) is 1. The van der Waals surface area contributed by atoms with E-state index in [1.807, 2.05) is 0 Å². The Hall–Kier alpha value is -2.38. The Bertz CT molecular complexity index is 708. The highest BCUT2D eigenvalue weighted by atomic mass is 19.4. The second-order valence-electron chi connectivity index (χ2n) is 4.72. The second kappa shape index (κ2) is 4.57. The Morgan fingerprint density at radius 1 is 1.29 bits per heavy atom. The van der Waals surface area contributed by atoms with Crippen LogP contribution in [0.4, 0.5) is 23.4 Å². The number of hydrogen-bond acceptors (Lipinski definition) is 2. The number of halogens is 4. The summed E-state index contributed by atoms with van der Waals surface area (Å²) in [6.45, 7) is 0. The van der Waals surface area contributed by atoms with Gasteiger partial charge in [0.05, 0.1) is 11.6 Å². The highest BCUT2D eigenvalue weighted by Crippen LogP contribution is 2.46. The molecule has 0 spiro atoms. The van der Waals surface area contributed by atoms with Crippen LogP contribution in [0.2, 0.25) is 0 Å². The molecule has 2 N–H and O–H groups in total. The number of hydrogen-bond donors (Lipinski definition) is 2. The van der Waals surface area contributed by atoms with Crippen LogP contribution in [0.25, 0.3) is 11.3 Å². The molecule has 0 aliphatic carbocycles. The lowest BCUT2D eigenvalue weighted by atomic mass is 9.89. The van der Waals surface area contributed by atoms with Crippen molar-refractivity contribution in [3.05, 3.63) is 35.6 Å². The van der Waals surface area contributed by atoms with Crippen molar-refractivity contribution in [2.45, 2.75) is 18.5 Å². The monoisotopic (exact) mass is 299 g/mol. The molecule has 2 aromatic rings. The van der Waals surface area contributed by atoms with E-state index in [0.717, 1.165) is 6.07 Å². The number of carbonyl (C=O) groups is 1. The van der Waals surface area contributed by atoms with Crippen molar-refractivity contribution >= 4 is 11.7 Å². The smallest absolute Gasteiger partial charge is 0.309 e. The fourth-order valence-electron chi connectivity index (χ4n) is 2.40. The van der Waals surface area contributed by atoms with Gasteiger partial charge in [-0.2, -0.15) is 18.3 Å². The topological polar surface area (TPSA) is 57.8 Å². The van der Waals surface area contributed by atoms with Crippen molar-refractivity contribution in [2.24, 2.45) is 0 Å². The molecule has 1 unspecified atom stereocenters. The lowest BCUT2D eigenvalue weighted by Gasteiger charge is -2.25. The van der Waals surface area contributed by atoms with Crippen LogP contribution in [0.15, 0.2) is 24.3 Å². The summed E-state index contributed by atoms with van der Waals surface area (Å²) in [5.74, 6) is -3.44. The molecular weight excluding hydrogens is 290 g/mol. The molecule has 0 saturated heterocycles. The van der Waals surface area contributed by atoms with Crippen molar-refractivity contribution in [3.63, 3.8) is 0 Å². The average molecular weight is 299 g/mol. The summed E-state index contributed by atoms with van der Waals surface area (Å²) < 4.78 is 52.7. The molecule has 8 heteroatoms. The van der Waals surface area contributed by atoms with Gasteiger partial charge < -0.3 is 5.32 Å². The van der Waals surface area contributed by atoms with Gasteiger partial charge in [-0.25, -0.2) is 4.39 Å². The first kappa shape index (κ1) is 13.6. The summed E-state index contributed by atoms with van der Waals surface area (Å²) in [6, 6.07) is 5.16. The Morgan fingerprint density at radius 2 is 2.05 bits per heavy atom. The lowest BCUT2D eigenvalue weighted by molar-refractivity contribution is -0.156. The van der Waals surface area contributed by atoms with Crippen LogP contribution in [0.3, 0.4) is 0 Å². The molecule has 21 heavy (non-hydrogen) atoms. The summed E-state index contributed by atoms with van der Waals surface area (Å²) >= 11 is 0. The van der Waals surface area contributed by atoms with Gasteiger partial charge in [0.2, 0.25) is 5.91 Å². The highest BCUT2D eigenvalue weighted by molar-refractivity contribution is 5.95. The van der Waals surface area contributed by atoms with E-state index in [1.54, 1.807) is 0 Å². The molecule has 4 nitrogen and oxygen atoms in total. The molecule has 1 aliphatic heterocycles. The number of carbonyl (C=O) groups excluding carboxylic acids is 1. The molecule has 1 atom stereocenters. The molecule has 3 rings (SSSR count). The predicted octanol–water partition coefficient (Wildman–Crippen LogP) is 3.20. The van der Waals surface area contributed by atoms with E-state index >= 15 is 0 Å². The number of rotatable bonds is 1. The quantitative estimate of drug-likeness (QED) is 0.794. The van der Waals surface area contributed by atoms with E-state index < -0.39 is 30.2 Å². The maximum absolute atomic E-state index is 13.3. The van der Waals surface area contributed by atoms with Gasteiger partial charge in [0.25, 0.3) is 0 Å². The average Bonchev–Trinajstić information content (AvgIpc) is 2.80. The molecular formula is C13H9F4N3O. The van der Waals surface area contributed by atoms with Crippen LogP contribution in [0.1, 0.15) is 17.9 Å². The lowest BCUT2D eigenvalue weighted by Crippen LogP contribution is -2.31. The molecule has 110 valence electrons. The third-order valence-electron chi connectivity index (χ3n) is 3.31. The van der Waals surface area contributed by atoms with Crippen LogP contribution in [0, 0.1) is 5.82 Å². The first-order valence-electron chi connectivity index (χ1n) is 6.07. The number of fused-ring (bicyclic) bond motifs is 1. The summed E-state index contributed by atoms with van der Waals surface area (Å²) in [4.78, 5) is 11.4. The van der Waals surface area contributed by atoms with Crippen LogP contribution >= 0.6 is 0 Å². The zero-order valence-corrected chi connectivity index (χ0v) is 10.5. The third-order valence-corrected chi connectivity index (χ3v) is 3.31. The number of aromatic nitrogens is 2. The summed E-state index contributed by atoms with van der Waals surface area (Å²) in [5, 5.41) is 8.44. The molecule has 0 bridgehead atoms. The standard InChI is InChI=1S/C13H9F4N3O/c14-7-3-1-2-6(4-7)11-10-8(13(15,16)17)5-9(21)18-12(10)20-19-11/h1-4,8H,5H2,(H2,18,19,20,21). The zero-order chi connectivity index (χ0) is 15.2. The summed E-state index contributed by atoms with van der Waals surface area (Å²) in [7, 11) is 0. The van der Waals surface area contributed by atoms with Crippen molar-refractivity contribution in [1.29, 1.82) is 0 Å². The minimum atomic E-state index is -4.58. The van der Waals surface area contributed by atoms with Gasteiger partial charge in [-0.05, 0) is 12.1 Å². The van der Waals surface area contributed by atoms with Gasteiger partial charge in [0.1, 0.15) is 5.82 Å². The predicted molar refractivity (Wildman–Crippen MR) is 66.0 cm³/mol. The largest absolute Gasteiger partial charge is 0.396 e. The van der Waals surface area contributed by atoms with E-state index in [-0.39, 0.29) is 22.6 Å². The molecule has 1 aromatic heterocycles. The molecule has 1 amide bonds. The SMILES string of the molecule is O=C1CC(C(F)(F)F)c2c(n[nH]c2-c2cccc(F)c2)N1. The van der Waals surface area contributed by atoms with Gasteiger partial charge in [0.15, 0.2) is 5.82 Å². The molecule has 0 saturated carbocycles. The molecule has 0 radical (unpaired) electrons. The number of amides is 1. The van der Waals surface area contributed by atoms with Crippen LogP contribution in [-0.4, -0.2) is 22.3 Å². The van der Waals surface area contributed by atoms with Crippen LogP contribution in [0.5, 0.6) is 0 Å². The van der Waals surface area contributed by atoms with Crippen LogP contribution < -0.4 is 5.32 Å². The Balaban J connectivity index is 2.16. The van der Waals surface area contributed by atoms with Gasteiger partial charge in [-0.1, -0.05) is 12.1 Å². The number of alkyl halides is 3. The number of benzene rings is 1. The van der Waals surface area contributed by atoms with Crippen molar-refractivity contribution in [2.75, 3.05) is 5.32 Å². The molecule has 0 fully saturated rings. The van der Waals surface area contributed by atoms with Gasteiger partial charge in [-0.3, -0.25) is 9.89 Å².